The van der Waals surface area contributed by atoms with Gasteiger partial charge in [-0.1, -0.05) is 0 Å². The highest BCUT2D eigenvalue weighted by Crippen LogP contribution is 2.24. The molecule has 0 saturated carbocycles. The van der Waals surface area contributed by atoms with Crippen molar-refractivity contribution in [3.63, 3.8) is 0 Å². The summed E-state index contributed by atoms with van der Waals surface area (Å²) in [6.45, 7) is 2.53. The number of thiophene rings is 2. The van der Waals surface area contributed by atoms with Crippen molar-refractivity contribution in [1.82, 2.24) is 5.32 Å². The molecule has 0 aliphatic rings. The van der Waals surface area contributed by atoms with Gasteiger partial charge in [0.25, 0.3) is 0 Å². The van der Waals surface area contributed by atoms with E-state index < -0.39 is 0 Å². The molecule has 2 aromatic heterocycles. The van der Waals surface area contributed by atoms with Crippen molar-refractivity contribution in [2.75, 3.05) is 13.7 Å². The first-order valence-electron chi connectivity index (χ1n) is 6.26. The molecule has 20 heavy (non-hydrogen) atoms. The lowest BCUT2D eigenvalue weighted by molar-refractivity contribution is -0.117. The van der Waals surface area contributed by atoms with Gasteiger partial charge in [0, 0.05) is 29.5 Å². The van der Waals surface area contributed by atoms with E-state index in [0.717, 1.165) is 10.4 Å². The molecule has 2 aromatic rings. The molecule has 0 aromatic carbocycles. The number of amides is 1. The van der Waals surface area contributed by atoms with Crippen LogP contribution in [-0.4, -0.2) is 19.6 Å². The maximum Gasteiger partial charge on any atom is 0.244 e. The molecule has 0 fully saturated rings. The van der Waals surface area contributed by atoms with Crippen molar-refractivity contribution in [2.24, 2.45) is 0 Å². The third-order valence-corrected chi connectivity index (χ3v) is 4.59. The van der Waals surface area contributed by atoms with Gasteiger partial charge in [-0.05, 0) is 47.5 Å². The van der Waals surface area contributed by atoms with Gasteiger partial charge in [0.15, 0.2) is 0 Å². The van der Waals surface area contributed by atoms with Gasteiger partial charge in [0.2, 0.25) is 5.91 Å². The van der Waals surface area contributed by atoms with Crippen LogP contribution in [0.1, 0.15) is 21.4 Å². The summed E-state index contributed by atoms with van der Waals surface area (Å²) in [4.78, 5) is 14.1. The van der Waals surface area contributed by atoms with E-state index in [-0.39, 0.29) is 12.0 Å². The summed E-state index contributed by atoms with van der Waals surface area (Å²) in [5.41, 5.74) is 1.04. The van der Waals surface area contributed by atoms with Crippen molar-refractivity contribution in [1.29, 1.82) is 0 Å². The van der Waals surface area contributed by atoms with E-state index in [9.17, 15) is 4.79 Å². The molecular weight excluding hydrogens is 290 g/mol. The Hall–Kier alpha value is -1.43. The van der Waals surface area contributed by atoms with E-state index >= 15 is 0 Å². The fraction of sp³-hybridized carbons (Fsp3) is 0.267. The predicted octanol–water partition coefficient (Wildman–Crippen LogP) is 3.64. The smallest absolute Gasteiger partial charge is 0.244 e. The molecule has 5 heteroatoms. The van der Waals surface area contributed by atoms with Crippen LogP contribution in [0, 0.1) is 6.92 Å². The molecule has 0 saturated heterocycles. The lowest BCUT2D eigenvalue weighted by Crippen LogP contribution is -2.27. The van der Waals surface area contributed by atoms with Gasteiger partial charge in [0.1, 0.15) is 6.10 Å². The largest absolute Gasteiger partial charge is 0.374 e. The minimum absolute atomic E-state index is 0.0906. The summed E-state index contributed by atoms with van der Waals surface area (Å²) in [6.07, 6.45) is 3.27. The van der Waals surface area contributed by atoms with E-state index in [4.69, 9.17) is 4.74 Å². The van der Waals surface area contributed by atoms with Gasteiger partial charge in [-0.2, -0.15) is 11.3 Å². The molecule has 1 atom stereocenters. The third-order valence-electron chi connectivity index (χ3n) is 2.80. The van der Waals surface area contributed by atoms with Crippen LogP contribution in [0.5, 0.6) is 0 Å². The highest BCUT2D eigenvalue weighted by molar-refractivity contribution is 7.12. The average molecular weight is 307 g/mol. The Labute approximate surface area is 126 Å². The third kappa shape index (κ3) is 4.30. The fourth-order valence-corrected chi connectivity index (χ4v) is 3.30. The van der Waals surface area contributed by atoms with E-state index in [1.54, 1.807) is 35.9 Å². The van der Waals surface area contributed by atoms with Crippen LogP contribution in [-0.2, 0) is 9.53 Å². The van der Waals surface area contributed by atoms with Crippen molar-refractivity contribution < 1.29 is 9.53 Å². The number of ether oxygens (including phenoxy) is 1. The molecule has 106 valence electrons. The minimum Gasteiger partial charge on any atom is -0.374 e. The lowest BCUT2D eigenvalue weighted by atomic mass is 10.2. The standard InChI is InChI=1S/C15H17NO2S2/c1-11-3-5-14(20-11)13(18-2)9-16-15(17)6-4-12-7-8-19-10-12/h3-8,10,13H,9H2,1-2H3,(H,16,17)/b6-4+. The summed E-state index contributed by atoms with van der Waals surface area (Å²) in [5, 5.41) is 6.84. The highest BCUT2D eigenvalue weighted by atomic mass is 32.1. The van der Waals surface area contributed by atoms with Crippen molar-refractivity contribution in [2.45, 2.75) is 13.0 Å². The first-order chi connectivity index (χ1) is 9.69. The molecule has 0 aliphatic heterocycles. The second kappa shape index (κ2) is 7.38. The number of hydrogen-bond acceptors (Lipinski definition) is 4. The Kier molecular flexibility index (Phi) is 5.52. The fourth-order valence-electron chi connectivity index (χ4n) is 1.72. The number of nitrogens with one attached hydrogen (secondary N) is 1. The molecule has 1 N–H and O–H groups in total. The Morgan fingerprint density at radius 2 is 2.30 bits per heavy atom. The predicted molar refractivity (Wildman–Crippen MR) is 85.2 cm³/mol. The van der Waals surface area contributed by atoms with Crippen LogP contribution < -0.4 is 5.32 Å². The molecule has 1 unspecified atom stereocenters. The lowest BCUT2D eigenvalue weighted by Gasteiger charge is -2.13. The van der Waals surface area contributed by atoms with Crippen LogP contribution in [0.3, 0.4) is 0 Å². The van der Waals surface area contributed by atoms with Crippen LogP contribution in [0.4, 0.5) is 0 Å². The molecule has 3 nitrogen and oxygen atoms in total. The maximum absolute atomic E-state index is 11.7. The number of hydrogen-bond donors (Lipinski definition) is 1. The highest BCUT2D eigenvalue weighted by Gasteiger charge is 2.12. The van der Waals surface area contributed by atoms with E-state index in [2.05, 4.69) is 18.3 Å². The Balaban J connectivity index is 1.85. The average Bonchev–Trinajstić information content (AvgIpc) is 3.09. The molecule has 1 amide bonds. The van der Waals surface area contributed by atoms with Gasteiger partial charge in [-0.3, -0.25) is 4.79 Å². The first-order valence-corrected chi connectivity index (χ1v) is 8.02. The first kappa shape index (κ1) is 15.0. The summed E-state index contributed by atoms with van der Waals surface area (Å²) >= 11 is 3.30. The molecule has 0 bridgehead atoms. The van der Waals surface area contributed by atoms with Gasteiger partial charge in [-0.15, -0.1) is 11.3 Å². The van der Waals surface area contributed by atoms with E-state index in [0.29, 0.717) is 6.54 Å². The molecule has 0 radical (unpaired) electrons. The zero-order chi connectivity index (χ0) is 14.4. The van der Waals surface area contributed by atoms with Crippen molar-refractivity contribution in [3.8, 4) is 0 Å². The molecule has 2 rings (SSSR count). The normalized spacial score (nSPS) is 12.7. The summed E-state index contributed by atoms with van der Waals surface area (Å²) in [5.74, 6) is -0.105. The number of rotatable bonds is 6. The van der Waals surface area contributed by atoms with E-state index in [1.807, 2.05) is 29.0 Å². The van der Waals surface area contributed by atoms with E-state index in [1.165, 1.54) is 4.88 Å². The molecular formula is C15H17NO2S2. The Morgan fingerprint density at radius 1 is 1.45 bits per heavy atom. The molecule has 0 aliphatic carbocycles. The molecule has 0 spiro atoms. The zero-order valence-electron chi connectivity index (χ0n) is 11.5. The number of aryl methyl sites for hydroxylation is 1. The maximum atomic E-state index is 11.7. The minimum atomic E-state index is -0.105. The van der Waals surface area contributed by atoms with Gasteiger partial charge >= 0.3 is 0 Å². The Morgan fingerprint density at radius 3 is 2.90 bits per heavy atom. The Bertz CT molecular complexity index is 572. The van der Waals surface area contributed by atoms with Crippen molar-refractivity contribution >= 4 is 34.7 Å². The van der Waals surface area contributed by atoms with Crippen LogP contribution in [0.15, 0.2) is 35.0 Å². The second-order valence-electron chi connectivity index (χ2n) is 4.31. The van der Waals surface area contributed by atoms with Crippen LogP contribution in [0.2, 0.25) is 0 Å². The van der Waals surface area contributed by atoms with Crippen LogP contribution >= 0.6 is 22.7 Å². The summed E-state index contributed by atoms with van der Waals surface area (Å²) in [7, 11) is 1.66. The van der Waals surface area contributed by atoms with Gasteiger partial charge in [0.05, 0.1) is 0 Å². The summed E-state index contributed by atoms with van der Waals surface area (Å²) < 4.78 is 5.42. The topological polar surface area (TPSA) is 38.3 Å². The second-order valence-corrected chi connectivity index (χ2v) is 6.41. The van der Waals surface area contributed by atoms with Gasteiger partial charge in [-0.25, -0.2) is 0 Å². The number of carbonyl (C=O) groups excluding carboxylic acids is 1. The summed E-state index contributed by atoms with van der Waals surface area (Å²) in [6, 6.07) is 6.08. The quantitative estimate of drug-likeness (QED) is 0.828. The number of methoxy groups -OCH3 is 1. The SMILES string of the molecule is COC(CNC(=O)/C=C/c1ccsc1)c1ccc(C)s1. The zero-order valence-corrected chi connectivity index (χ0v) is 13.1. The number of carbonyl (C=O) groups is 1. The van der Waals surface area contributed by atoms with Gasteiger partial charge < -0.3 is 10.1 Å². The monoisotopic (exact) mass is 307 g/mol. The molecule has 2 heterocycles. The van der Waals surface area contributed by atoms with Crippen molar-refractivity contribution in [3.05, 3.63) is 50.4 Å². The van der Waals surface area contributed by atoms with Crippen LogP contribution in [0.25, 0.3) is 6.08 Å².